The molecule has 4 unspecified atom stereocenters. The van der Waals surface area contributed by atoms with Crippen LogP contribution in [0.2, 0.25) is 0 Å². The normalized spacial score (nSPS) is 30.8. The molecule has 2 fully saturated rings. The highest BCUT2D eigenvalue weighted by Gasteiger charge is 2.50. The number of methoxy groups -OCH3 is 1. The summed E-state index contributed by atoms with van der Waals surface area (Å²) < 4.78 is 5.17. The Morgan fingerprint density at radius 1 is 1.48 bits per heavy atom. The van der Waals surface area contributed by atoms with E-state index < -0.39 is 0 Å². The fraction of sp³-hybridized carbons (Fsp3) is 0.688. The van der Waals surface area contributed by atoms with Gasteiger partial charge < -0.3 is 15.4 Å². The Balaban J connectivity index is 1.71. The van der Waals surface area contributed by atoms with Gasteiger partial charge in [0.1, 0.15) is 0 Å². The number of ether oxygens (including phenoxy) is 1. The molecule has 5 heteroatoms. The molecule has 4 atom stereocenters. The van der Waals surface area contributed by atoms with Crippen LogP contribution in [0.5, 0.6) is 0 Å². The van der Waals surface area contributed by atoms with Gasteiger partial charge >= 0.3 is 0 Å². The van der Waals surface area contributed by atoms with E-state index in [9.17, 15) is 4.79 Å². The lowest BCUT2D eigenvalue weighted by atomic mass is 9.84. The number of nitrogens with zero attached hydrogens (tertiary/aromatic N) is 1. The van der Waals surface area contributed by atoms with E-state index in [1.54, 1.807) is 18.4 Å². The third-order valence-corrected chi connectivity index (χ3v) is 5.93. The molecule has 4 nitrogen and oxygen atoms in total. The van der Waals surface area contributed by atoms with Gasteiger partial charge in [-0.3, -0.25) is 4.79 Å². The predicted molar refractivity (Wildman–Crippen MR) is 83.9 cm³/mol. The molecule has 2 aliphatic rings. The highest BCUT2D eigenvalue weighted by Crippen LogP contribution is 2.48. The maximum absolute atomic E-state index is 13.0. The molecule has 1 amide bonds. The average molecular weight is 308 g/mol. The Bertz CT molecular complexity index is 475. The summed E-state index contributed by atoms with van der Waals surface area (Å²) in [5, 5.41) is 2.05. The second-order valence-electron chi connectivity index (χ2n) is 6.27. The van der Waals surface area contributed by atoms with Crippen LogP contribution >= 0.6 is 11.3 Å². The fourth-order valence-electron chi connectivity index (χ4n) is 3.97. The van der Waals surface area contributed by atoms with Gasteiger partial charge in [-0.1, -0.05) is 6.07 Å². The number of hydrogen-bond donors (Lipinski definition) is 1. The molecule has 2 bridgehead atoms. The first-order chi connectivity index (χ1) is 10.2. The van der Waals surface area contributed by atoms with Crippen LogP contribution in [0.3, 0.4) is 0 Å². The number of carbonyl (C=O) groups excluding carboxylic acids is 1. The SMILES string of the molecule is COCCN(Cc1cccs1)C(=O)C1C2CCC(C2)C1N. The molecule has 1 heterocycles. The first-order valence-corrected chi connectivity index (χ1v) is 8.64. The highest BCUT2D eigenvalue weighted by atomic mass is 32.1. The van der Waals surface area contributed by atoms with Crippen molar-refractivity contribution >= 4 is 17.2 Å². The zero-order valence-corrected chi connectivity index (χ0v) is 13.3. The van der Waals surface area contributed by atoms with Gasteiger partial charge in [-0.15, -0.1) is 11.3 Å². The molecule has 0 saturated heterocycles. The Morgan fingerprint density at radius 2 is 2.29 bits per heavy atom. The van der Waals surface area contributed by atoms with E-state index in [1.807, 2.05) is 11.0 Å². The van der Waals surface area contributed by atoms with Crippen LogP contribution in [0, 0.1) is 17.8 Å². The summed E-state index contributed by atoms with van der Waals surface area (Å²) >= 11 is 1.69. The smallest absolute Gasteiger partial charge is 0.227 e. The highest BCUT2D eigenvalue weighted by molar-refractivity contribution is 7.09. The maximum Gasteiger partial charge on any atom is 0.227 e. The van der Waals surface area contributed by atoms with E-state index in [1.165, 1.54) is 17.7 Å². The Labute approximate surface area is 130 Å². The third kappa shape index (κ3) is 3.00. The van der Waals surface area contributed by atoms with Gasteiger partial charge in [-0.2, -0.15) is 0 Å². The number of fused-ring (bicyclic) bond motifs is 2. The topological polar surface area (TPSA) is 55.6 Å². The molecule has 0 spiro atoms. The van der Waals surface area contributed by atoms with Crippen molar-refractivity contribution in [2.75, 3.05) is 20.3 Å². The zero-order chi connectivity index (χ0) is 14.8. The van der Waals surface area contributed by atoms with Gasteiger partial charge in [0, 0.05) is 24.6 Å². The summed E-state index contributed by atoms with van der Waals surface area (Å²) in [4.78, 5) is 16.1. The Kier molecular flexibility index (Phi) is 4.62. The first kappa shape index (κ1) is 15.0. The zero-order valence-electron chi connectivity index (χ0n) is 12.5. The van der Waals surface area contributed by atoms with Crippen LogP contribution in [0.4, 0.5) is 0 Å². The molecule has 2 saturated carbocycles. The lowest BCUT2D eigenvalue weighted by Gasteiger charge is -2.32. The molecule has 116 valence electrons. The summed E-state index contributed by atoms with van der Waals surface area (Å²) in [5.74, 6) is 1.33. The van der Waals surface area contributed by atoms with E-state index in [0.29, 0.717) is 31.5 Å². The van der Waals surface area contributed by atoms with Crippen molar-refractivity contribution in [2.45, 2.75) is 31.8 Å². The summed E-state index contributed by atoms with van der Waals surface area (Å²) in [6.45, 7) is 1.90. The standard InChI is InChI=1S/C16H24N2O2S/c1-20-7-6-18(10-13-3-2-8-21-13)16(19)14-11-4-5-12(9-11)15(14)17/h2-3,8,11-12,14-15H,4-7,9-10,17H2,1H3. The van der Waals surface area contributed by atoms with E-state index in [0.717, 1.165) is 6.42 Å². The number of carbonyl (C=O) groups is 1. The van der Waals surface area contributed by atoms with Gasteiger partial charge in [0.05, 0.1) is 19.1 Å². The van der Waals surface area contributed by atoms with Crippen molar-refractivity contribution in [1.29, 1.82) is 0 Å². The molecule has 1 aromatic heterocycles. The van der Waals surface area contributed by atoms with Crippen LogP contribution in [0.25, 0.3) is 0 Å². The van der Waals surface area contributed by atoms with Gasteiger partial charge in [0.2, 0.25) is 5.91 Å². The molecule has 2 aliphatic carbocycles. The molecular formula is C16H24N2O2S. The molecule has 0 radical (unpaired) electrons. The minimum Gasteiger partial charge on any atom is -0.383 e. The van der Waals surface area contributed by atoms with Crippen LogP contribution in [-0.4, -0.2) is 37.1 Å². The average Bonchev–Trinajstić information content (AvgIpc) is 3.19. The number of amides is 1. The summed E-state index contributed by atoms with van der Waals surface area (Å²) in [5.41, 5.74) is 6.33. The summed E-state index contributed by atoms with van der Waals surface area (Å²) in [6, 6.07) is 4.17. The van der Waals surface area contributed by atoms with Gasteiger partial charge in [-0.05, 0) is 42.5 Å². The number of hydrogen-bond acceptors (Lipinski definition) is 4. The maximum atomic E-state index is 13.0. The quantitative estimate of drug-likeness (QED) is 0.875. The van der Waals surface area contributed by atoms with Gasteiger partial charge in [0.25, 0.3) is 0 Å². The summed E-state index contributed by atoms with van der Waals surface area (Å²) in [6.07, 6.45) is 3.53. The van der Waals surface area contributed by atoms with E-state index in [2.05, 4.69) is 11.4 Å². The number of rotatable bonds is 6. The lowest BCUT2D eigenvalue weighted by molar-refractivity contribution is -0.139. The van der Waals surface area contributed by atoms with Crippen molar-refractivity contribution in [3.8, 4) is 0 Å². The number of nitrogens with two attached hydrogens (primary N) is 1. The minimum atomic E-state index is 0.0283. The fourth-order valence-corrected chi connectivity index (χ4v) is 4.69. The van der Waals surface area contributed by atoms with E-state index in [-0.39, 0.29) is 17.9 Å². The minimum absolute atomic E-state index is 0.0283. The molecular weight excluding hydrogens is 284 g/mol. The van der Waals surface area contributed by atoms with E-state index >= 15 is 0 Å². The van der Waals surface area contributed by atoms with Crippen LogP contribution in [0.15, 0.2) is 17.5 Å². The van der Waals surface area contributed by atoms with Crippen molar-refractivity contribution in [3.05, 3.63) is 22.4 Å². The number of thiophene rings is 1. The van der Waals surface area contributed by atoms with Crippen molar-refractivity contribution in [3.63, 3.8) is 0 Å². The lowest BCUT2D eigenvalue weighted by Crippen LogP contribution is -2.47. The van der Waals surface area contributed by atoms with Gasteiger partial charge in [0.15, 0.2) is 0 Å². The molecule has 21 heavy (non-hydrogen) atoms. The second-order valence-corrected chi connectivity index (χ2v) is 7.30. The molecule has 1 aromatic rings. The van der Waals surface area contributed by atoms with E-state index in [4.69, 9.17) is 10.5 Å². The molecule has 0 aromatic carbocycles. The predicted octanol–water partition coefficient (Wildman–Crippen LogP) is 2.10. The van der Waals surface area contributed by atoms with Crippen molar-refractivity contribution in [1.82, 2.24) is 4.90 Å². The largest absolute Gasteiger partial charge is 0.383 e. The van der Waals surface area contributed by atoms with Crippen molar-refractivity contribution < 1.29 is 9.53 Å². The Hall–Kier alpha value is -0.910. The van der Waals surface area contributed by atoms with Gasteiger partial charge in [-0.25, -0.2) is 0 Å². The third-order valence-electron chi connectivity index (χ3n) is 5.07. The molecule has 3 rings (SSSR count). The first-order valence-electron chi connectivity index (χ1n) is 7.76. The van der Waals surface area contributed by atoms with Crippen molar-refractivity contribution in [2.24, 2.45) is 23.5 Å². The molecule has 0 aliphatic heterocycles. The second kappa shape index (κ2) is 6.46. The molecule has 2 N–H and O–H groups in total. The van der Waals surface area contributed by atoms with Crippen LogP contribution < -0.4 is 5.73 Å². The van der Waals surface area contributed by atoms with Crippen LogP contribution in [0.1, 0.15) is 24.1 Å². The Morgan fingerprint density at radius 3 is 2.90 bits per heavy atom. The van der Waals surface area contributed by atoms with Crippen LogP contribution in [-0.2, 0) is 16.1 Å². The monoisotopic (exact) mass is 308 g/mol. The summed E-state index contributed by atoms with van der Waals surface area (Å²) in [7, 11) is 1.68.